The topological polar surface area (TPSA) is 53.4 Å². The van der Waals surface area contributed by atoms with E-state index in [2.05, 4.69) is 10.2 Å². The lowest BCUT2D eigenvalue weighted by atomic mass is 10.1. The summed E-state index contributed by atoms with van der Waals surface area (Å²) < 4.78 is 1.87. The molecule has 1 aliphatic carbocycles. The Labute approximate surface area is 200 Å². The molecule has 1 aliphatic heterocycles. The Kier molecular flexibility index (Phi) is 6.38. The Morgan fingerprint density at radius 1 is 1.12 bits per heavy atom. The van der Waals surface area contributed by atoms with Gasteiger partial charge in [-0.2, -0.15) is 5.10 Å². The average Bonchev–Trinajstić information content (AvgIpc) is 3.43. The molecule has 3 aromatic rings. The lowest BCUT2D eigenvalue weighted by Crippen LogP contribution is -2.39. The van der Waals surface area contributed by atoms with Crippen LogP contribution in [0.25, 0.3) is 16.9 Å². The summed E-state index contributed by atoms with van der Waals surface area (Å²) in [6, 6.07) is 18.4. The van der Waals surface area contributed by atoms with E-state index in [0.717, 1.165) is 41.6 Å². The van der Waals surface area contributed by atoms with Crippen molar-refractivity contribution in [2.45, 2.75) is 31.8 Å². The normalized spacial score (nSPS) is 18.4. The van der Waals surface area contributed by atoms with Gasteiger partial charge in [0, 0.05) is 48.5 Å². The van der Waals surface area contributed by atoms with Crippen LogP contribution >= 0.6 is 11.6 Å². The zero-order valence-electron chi connectivity index (χ0n) is 19.0. The van der Waals surface area contributed by atoms with Gasteiger partial charge in [-0.1, -0.05) is 41.9 Å². The summed E-state index contributed by atoms with van der Waals surface area (Å²) in [6.07, 6.45) is 5.86. The highest BCUT2D eigenvalue weighted by atomic mass is 35.5. The van der Waals surface area contributed by atoms with Crippen molar-refractivity contribution in [3.63, 3.8) is 0 Å². The summed E-state index contributed by atoms with van der Waals surface area (Å²) in [7, 11) is 1.84. The maximum absolute atomic E-state index is 12.9. The van der Waals surface area contributed by atoms with Gasteiger partial charge in [-0.3, -0.25) is 0 Å². The van der Waals surface area contributed by atoms with E-state index in [0.29, 0.717) is 17.5 Å². The summed E-state index contributed by atoms with van der Waals surface area (Å²) in [5, 5.41) is 8.67. The van der Waals surface area contributed by atoms with Crippen LogP contribution in [-0.2, 0) is 6.54 Å². The van der Waals surface area contributed by atoms with Crippen molar-refractivity contribution in [2.24, 2.45) is 5.92 Å². The lowest BCUT2D eigenvalue weighted by molar-refractivity contribution is 0.204. The second kappa shape index (κ2) is 9.57. The van der Waals surface area contributed by atoms with Crippen LogP contribution in [0.5, 0.6) is 0 Å². The van der Waals surface area contributed by atoms with Crippen molar-refractivity contribution in [1.29, 1.82) is 0 Å². The molecule has 6 nitrogen and oxygen atoms in total. The molecule has 7 heteroatoms. The van der Waals surface area contributed by atoms with Crippen molar-refractivity contribution in [1.82, 2.24) is 24.9 Å². The summed E-state index contributed by atoms with van der Waals surface area (Å²) in [5.74, 6) is 0.549. The largest absolute Gasteiger partial charge is 0.338 e. The Hall–Kier alpha value is -2.83. The highest BCUT2D eigenvalue weighted by Gasteiger charge is 2.34. The van der Waals surface area contributed by atoms with E-state index in [1.807, 2.05) is 72.5 Å². The molecule has 1 N–H and O–H groups in total. The third-order valence-corrected chi connectivity index (χ3v) is 6.86. The fraction of sp³-hybridized carbons (Fsp3) is 0.385. The highest BCUT2D eigenvalue weighted by Crippen LogP contribution is 2.31. The molecule has 33 heavy (non-hydrogen) atoms. The fourth-order valence-electron chi connectivity index (χ4n) is 4.58. The minimum absolute atomic E-state index is 0.0469. The van der Waals surface area contributed by atoms with E-state index in [1.54, 1.807) is 4.90 Å². The Morgan fingerprint density at radius 3 is 2.61 bits per heavy atom. The molecule has 2 amide bonds. The van der Waals surface area contributed by atoms with Crippen LogP contribution < -0.4 is 5.32 Å². The van der Waals surface area contributed by atoms with E-state index in [-0.39, 0.29) is 6.03 Å². The van der Waals surface area contributed by atoms with E-state index in [1.165, 1.54) is 25.8 Å². The Balaban J connectivity index is 1.28. The van der Waals surface area contributed by atoms with Crippen LogP contribution in [0.15, 0.2) is 60.8 Å². The zero-order valence-corrected chi connectivity index (χ0v) is 19.7. The molecular formula is C26H30ClN5O. The van der Waals surface area contributed by atoms with Gasteiger partial charge in [0.2, 0.25) is 0 Å². The zero-order chi connectivity index (χ0) is 22.8. The second-order valence-corrected chi connectivity index (χ2v) is 9.65. The van der Waals surface area contributed by atoms with Crippen molar-refractivity contribution in [2.75, 3.05) is 26.7 Å². The SMILES string of the molecule is CN(Cc1cn(-c2ccccc2)nc1-c1ccc(Cl)cc1)C(=O)NCC1CCN(C2CC2)C1. The number of aromatic nitrogens is 2. The molecule has 1 saturated heterocycles. The number of benzene rings is 2. The summed E-state index contributed by atoms with van der Waals surface area (Å²) in [6.45, 7) is 3.48. The van der Waals surface area contributed by atoms with E-state index >= 15 is 0 Å². The van der Waals surface area contributed by atoms with Crippen molar-refractivity contribution in [3.05, 3.63) is 71.4 Å². The molecule has 0 bridgehead atoms. The molecule has 0 radical (unpaired) electrons. The monoisotopic (exact) mass is 463 g/mol. The third-order valence-electron chi connectivity index (χ3n) is 6.61. The number of hydrogen-bond acceptors (Lipinski definition) is 3. The van der Waals surface area contributed by atoms with E-state index in [4.69, 9.17) is 16.7 Å². The van der Waals surface area contributed by atoms with E-state index < -0.39 is 0 Å². The number of likely N-dealkylation sites (tertiary alicyclic amines) is 1. The number of nitrogens with one attached hydrogen (secondary N) is 1. The maximum Gasteiger partial charge on any atom is 0.317 e. The molecule has 172 valence electrons. The van der Waals surface area contributed by atoms with Gasteiger partial charge < -0.3 is 15.1 Å². The standard InChI is InChI=1S/C26H30ClN5O/c1-30(26(33)28-15-19-13-14-31(16-19)23-11-12-23)17-21-18-32(24-5-3-2-4-6-24)29-25(21)20-7-9-22(27)10-8-20/h2-10,18-19,23H,11-17H2,1H3,(H,28,33). The van der Waals surface area contributed by atoms with Gasteiger partial charge in [0.1, 0.15) is 0 Å². The van der Waals surface area contributed by atoms with Crippen LogP contribution in [0.2, 0.25) is 5.02 Å². The number of para-hydroxylation sites is 1. The number of nitrogens with zero attached hydrogens (tertiary/aromatic N) is 4. The van der Waals surface area contributed by atoms with Crippen LogP contribution in [0, 0.1) is 5.92 Å². The first-order valence-corrected chi connectivity index (χ1v) is 12.1. The van der Waals surface area contributed by atoms with Gasteiger partial charge in [-0.15, -0.1) is 0 Å². The molecule has 1 aromatic heterocycles. The van der Waals surface area contributed by atoms with Gasteiger partial charge >= 0.3 is 6.03 Å². The number of halogens is 1. The molecule has 2 fully saturated rings. The summed E-state index contributed by atoms with van der Waals surface area (Å²) in [5.41, 5.74) is 3.79. The molecule has 1 atom stereocenters. The first kappa shape index (κ1) is 22.0. The van der Waals surface area contributed by atoms with Crippen LogP contribution in [-0.4, -0.2) is 58.3 Å². The lowest BCUT2D eigenvalue weighted by Gasteiger charge is -2.20. The predicted octanol–water partition coefficient (Wildman–Crippen LogP) is 4.82. The van der Waals surface area contributed by atoms with Crippen LogP contribution in [0.3, 0.4) is 0 Å². The van der Waals surface area contributed by atoms with Crippen molar-refractivity contribution in [3.8, 4) is 16.9 Å². The quantitative estimate of drug-likeness (QED) is 0.546. The van der Waals surface area contributed by atoms with Crippen molar-refractivity contribution < 1.29 is 4.79 Å². The molecular weight excluding hydrogens is 434 g/mol. The molecule has 2 heterocycles. The van der Waals surface area contributed by atoms with Gasteiger partial charge in [0.05, 0.1) is 17.9 Å². The number of hydrogen-bond donors (Lipinski definition) is 1. The fourth-order valence-corrected chi connectivity index (χ4v) is 4.71. The highest BCUT2D eigenvalue weighted by molar-refractivity contribution is 6.30. The number of rotatable bonds is 7. The molecule has 2 aliphatic rings. The molecule has 5 rings (SSSR count). The molecule has 2 aromatic carbocycles. The average molecular weight is 464 g/mol. The summed E-state index contributed by atoms with van der Waals surface area (Å²) in [4.78, 5) is 17.2. The smallest absolute Gasteiger partial charge is 0.317 e. The number of carbonyl (C=O) groups excluding carboxylic acids is 1. The minimum atomic E-state index is -0.0469. The first-order chi connectivity index (χ1) is 16.1. The van der Waals surface area contributed by atoms with Crippen LogP contribution in [0.1, 0.15) is 24.8 Å². The minimum Gasteiger partial charge on any atom is -0.338 e. The Bertz CT molecular complexity index is 1090. The Morgan fingerprint density at radius 2 is 1.88 bits per heavy atom. The molecule has 1 saturated carbocycles. The van der Waals surface area contributed by atoms with Gasteiger partial charge in [-0.05, 0) is 56.0 Å². The third kappa shape index (κ3) is 5.23. The van der Waals surface area contributed by atoms with Crippen molar-refractivity contribution >= 4 is 17.6 Å². The van der Waals surface area contributed by atoms with E-state index in [9.17, 15) is 4.79 Å². The predicted molar refractivity (Wildman–Crippen MR) is 132 cm³/mol. The second-order valence-electron chi connectivity index (χ2n) is 9.21. The van der Waals surface area contributed by atoms with Gasteiger partial charge in [0.25, 0.3) is 0 Å². The first-order valence-electron chi connectivity index (χ1n) is 11.7. The molecule has 0 spiro atoms. The number of amides is 2. The molecule has 1 unspecified atom stereocenters. The number of urea groups is 1. The van der Waals surface area contributed by atoms with Crippen LogP contribution in [0.4, 0.5) is 4.79 Å². The summed E-state index contributed by atoms with van der Waals surface area (Å²) >= 11 is 6.09. The van der Waals surface area contributed by atoms with Gasteiger partial charge in [-0.25, -0.2) is 9.48 Å². The van der Waals surface area contributed by atoms with Gasteiger partial charge in [0.15, 0.2) is 0 Å². The maximum atomic E-state index is 12.9. The number of carbonyl (C=O) groups is 1.